The highest BCUT2D eigenvalue weighted by atomic mass is 32.1. The van der Waals surface area contributed by atoms with Crippen molar-refractivity contribution in [2.75, 3.05) is 13.1 Å². The van der Waals surface area contributed by atoms with Gasteiger partial charge in [0.05, 0.1) is 12.7 Å². The van der Waals surface area contributed by atoms with Crippen LogP contribution in [-0.2, 0) is 6.54 Å². The van der Waals surface area contributed by atoms with Crippen LogP contribution in [0.15, 0.2) is 23.7 Å². The summed E-state index contributed by atoms with van der Waals surface area (Å²) >= 11 is 1.67. The number of likely N-dealkylation sites (tertiary alicyclic amines) is 1. The highest BCUT2D eigenvalue weighted by Crippen LogP contribution is 2.20. The van der Waals surface area contributed by atoms with Gasteiger partial charge < -0.3 is 10.6 Å². The molecule has 2 N–H and O–H groups in total. The lowest BCUT2D eigenvalue weighted by molar-refractivity contribution is 0.0655. The lowest BCUT2D eigenvalue weighted by Gasteiger charge is -2.34. The highest BCUT2D eigenvalue weighted by molar-refractivity contribution is 7.09. The Balaban J connectivity index is 1.66. The van der Waals surface area contributed by atoms with E-state index in [0.717, 1.165) is 19.4 Å². The molecule has 0 aromatic carbocycles. The van der Waals surface area contributed by atoms with E-state index in [1.165, 1.54) is 4.88 Å². The molecule has 7 heteroatoms. The van der Waals surface area contributed by atoms with Crippen LogP contribution in [0.5, 0.6) is 0 Å². The molecule has 2 aromatic heterocycles. The van der Waals surface area contributed by atoms with E-state index >= 15 is 0 Å². The minimum Gasteiger partial charge on any atom is -0.337 e. The molecule has 0 aliphatic carbocycles. The number of nitrogens with two attached hydrogens (primary N) is 1. The van der Waals surface area contributed by atoms with E-state index in [2.05, 4.69) is 10.3 Å². The number of amides is 1. The molecule has 118 valence electrons. The number of aromatic nitrogens is 3. The second kappa shape index (κ2) is 6.58. The van der Waals surface area contributed by atoms with Gasteiger partial charge in [0, 0.05) is 24.0 Å². The Morgan fingerprint density at radius 1 is 1.59 bits per heavy atom. The Morgan fingerprint density at radius 3 is 3.18 bits per heavy atom. The number of nitrogens with zero attached hydrogens (tertiary/aromatic N) is 4. The third-order valence-corrected chi connectivity index (χ3v) is 5.01. The summed E-state index contributed by atoms with van der Waals surface area (Å²) < 4.78 is 1.71. The molecule has 2 atom stereocenters. The van der Waals surface area contributed by atoms with E-state index in [-0.39, 0.29) is 11.9 Å². The van der Waals surface area contributed by atoms with Gasteiger partial charge in [-0.05, 0) is 37.1 Å². The molecule has 0 saturated carbocycles. The van der Waals surface area contributed by atoms with Crippen molar-refractivity contribution in [3.8, 4) is 0 Å². The molecule has 3 rings (SSSR count). The molecular weight excluding hydrogens is 298 g/mol. The molecule has 2 aromatic rings. The van der Waals surface area contributed by atoms with Crippen LogP contribution in [0.1, 0.15) is 35.1 Å². The van der Waals surface area contributed by atoms with Crippen LogP contribution in [0.25, 0.3) is 0 Å². The van der Waals surface area contributed by atoms with Gasteiger partial charge in [-0.2, -0.15) is 0 Å². The van der Waals surface area contributed by atoms with Crippen LogP contribution >= 0.6 is 11.3 Å². The summed E-state index contributed by atoms with van der Waals surface area (Å²) in [5.74, 6) is 0.335. The number of hydrogen-bond acceptors (Lipinski definition) is 5. The molecule has 0 bridgehead atoms. The monoisotopic (exact) mass is 319 g/mol. The number of hydrogen-bond donors (Lipinski definition) is 1. The maximum atomic E-state index is 12.6. The zero-order valence-corrected chi connectivity index (χ0v) is 13.5. The Hall–Kier alpha value is -1.73. The second-order valence-corrected chi connectivity index (χ2v) is 6.93. The van der Waals surface area contributed by atoms with E-state index in [9.17, 15) is 4.79 Å². The van der Waals surface area contributed by atoms with Gasteiger partial charge in [0.25, 0.3) is 5.91 Å². The molecule has 1 aliphatic rings. The van der Waals surface area contributed by atoms with Crippen molar-refractivity contribution in [3.63, 3.8) is 0 Å². The fourth-order valence-corrected chi connectivity index (χ4v) is 3.52. The summed E-state index contributed by atoms with van der Waals surface area (Å²) in [4.78, 5) is 15.6. The molecule has 1 saturated heterocycles. The largest absolute Gasteiger partial charge is 0.337 e. The smallest absolute Gasteiger partial charge is 0.276 e. The molecule has 22 heavy (non-hydrogen) atoms. The number of thiophene rings is 1. The predicted molar refractivity (Wildman–Crippen MR) is 85.7 cm³/mol. The summed E-state index contributed by atoms with van der Waals surface area (Å²) in [5.41, 5.74) is 6.40. The zero-order valence-electron chi connectivity index (χ0n) is 12.7. The van der Waals surface area contributed by atoms with Crippen molar-refractivity contribution in [3.05, 3.63) is 34.3 Å². The Labute approximate surface area is 133 Å². The highest BCUT2D eigenvalue weighted by Gasteiger charge is 2.27. The topological polar surface area (TPSA) is 77.0 Å². The first-order chi connectivity index (χ1) is 10.6. The Morgan fingerprint density at radius 2 is 2.45 bits per heavy atom. The average molecular weight is 319 g/mol. The van der Waals surface area contributed by atoms with Crippen molar-refractivity contribution < 1.29 is 4.79 Å². The van der Waals surface area contributed by atoms with Crippen LogP contribution in [0.3, 0.4) is 0 Å². The average Bonchev–Trinajstić information content (AvgIpc) is 3.19. The number of carbonyl (C=O) groups excluding carboxylic acids is 1. The summed E-state index contributed by atoms with van der Waals surface area (Å²) in [6.45, 7) is 4.16. The van der Waals surface area contributed by atoms with Gasteiger partial charge in [-0.3, -0.25) is 4.79 Å². The summed E-state index contributed by atoms with van der Waals surface area (Å²) in [7, 11) is 0. The number of carbonyl (C=O) groups is 1. The van der Waals surface area contributed by atoms with Gasteiger partial charge >= 0.3 is 0 Å². The Kier molecular flexibility index (Phi) is 4.54. The molecule has 1 fully saturated rings. The van der Waals surface area contributed by atoms with Crippen LogP contribution in [0.4, 0.5) is 0 Å². The fraction of sp³-hybridized carbons (Fsp3) is 0.533. The summed E-state index contributed by atoms with van der Waals surface area (Å²) in [6, 6.07) is 4.17. The van der Waals surface area contributed by atoms with Crippen LogP contribution in [0, 0.1) is 5.92 Å². The van der Waals surface area contributed by atoms with Crippen molar-refractivity contribution in [1.29, 1.82) is 0 Å². The first kappa shape index (κ1) is 15.2. The van der Waals surface area contributed by atoms with Gasteiger partial charge in [0.2, 0.25) is 0 Å². The maximum absolute atomic E-state index is 12.6. The van der Waals surface area contributed by atoms with Crippen molar-refractivity contribution in [1.82, 2.24) is 19.9 Å². The number of rotatable bonds is 4. The van der Waals surface area contributed by atoms with E-state index in [4.69, 9.17) is 5.73 Å². The third kappa shape index (κ3) is 3.36. The summed E-state index contributed by atoms with van der Waals surface area (Å²) in [6.07, 6.45) is 3.82. The van der Waals surface area contributed by atoms with Crippen molar-refractivity contribution in [2.45, 2.75) is 32.4 Å². The lowest BCUT2D eigenvalue weighted by atomic mass is 9.92. The normalized spacial score (nSPS) is 20.1. The van der Waals surface area contributed by atoms with Crippen LogP contribution < -0.4 is 5.73 Å². The summed E-state index contributed by atoms with van der Waals surface area (Å²) in [5, 5.41) is 10.1. The first-order valence-corrected chi connectivity index (χ1v) is 8.49. The van der Waals surface area contributed by atoms with Crippen molar-refractivity contribution >= 4 is 17.2 Å². The quantitative estimate of drug-likeness (QED) is 0.928. The van der Waals surface area contributed by atoms with E-state index in [1.807, 2.05) is 29.3 Å². The minimum absolute atomic E-state index is 0.0391. The van der Waals surface area contributed by atoms with E-state index in [1.54, 1.807) is 22.2 Å². The van der Waals surface area contributed by atoms with Crippen LogP contribution in [0.2, 0.25) is 0 Å². The molecule has 6 nitrogen and oxygen atoms in total. The van der Waals surface area contributed by atoms with Gasteiger partial charge in [0.1, 0.15) is 0 Å². The van der Waals surface area contributed by atoms with E-state index in [0.29, 0.717) is 24.7 Å². The Bertz CT molecular complexity index is 622. The van der Waals surface area contributed by atoms with E-state index < -0.39 is 0 Å². The van der Waals surface area contributed by atoms with Gasteiger partial charge in [-0.1, -0.05) is 11.3 Å². The first-order valence-electron chi connectivity index (χ1n) is 7.61. The predicted octanol–water partition coefficient (Wildman–Crippen LogP) is 1.59. The molecular formula is C15H21N5OS. The maximum Gasteiger partial charge on any atom is 0.276 e. The SMILES string of the molecule is C[C@@H](N)[C@@H]1CCCN(C(=O)c2cn(Cc3cccs3)nn2)C1. The second-order valence-electron chi connectivity index (χ2n) is 5.89. The van der Waals surface area contributed by atoms with Crippen molar-refractivity contribution in [2.24, 2.45) is 11.7 Å². The molecule has 0 radical (unpaired) electrons. The molecule has 1 amide bonds. The third-order valence-electron chi connectivity index (χ3n) is 4.14. The zero-order chi connectivity index (χ0) is 15.5. The fourth-order valence-electron chi connectivity index (χ4n) is 2.82. The van der Waals surface area contributed by atoms with Gasteiger partial charge in [-0.25, -0.2) is 4.68 Å². The molecule has 1 aliphatic heterocycles. The standard InChI is InChI=1S/C15H21N5OS/c1-11(16)12-4-2-6-19(8-12)15(21)14-10-20(18-17-14)9-13-5-3-7-22-13/h3,5,7,10-12H,2,4,6,8-9,16H2,1H3/t11-,12-/m1/s1. The molecule has 3 heterocycles. The van der Waals surface area contributed by atoms with Gasteiger partial charge in [0.15, 0.2) is 5.69 Å². The molecule has 0 spiro atoms. The van der Waals surface area contributed by atoms with Crippen LogP contribution in [-0.4, -0.2) is 44.9 Å². The van der Waals surface area contributed by atoms with Gasteiger partial charge in [-0.15, -0.1) is 16.4 Å². The molecule has 0 unspecified atom stereocenters. The lowest BCUT2D eigenvalue weighted by Crippen LogP contribution is -2.45. The minimum atomic E-state index is -0.0391. The number of piperidine rings is 1.